The fraction of sp³-hybridized carbons (Fsp3) is 0.364. The predicted octanol–water partition coefficient (Wildman–Crippen LogP) is 1.83. The molecule has 1 aromatic rings. The molecule has 0 radical (unpaired) electrons. The Hall–Kier alpha value is -0.990. The molecule has 1 unspecified atom stereocenters. The van der Waals surface area contributed by atoms with Crippen molar-refractivity contribution < 1.29 is 22.7 Å². The Labute approximate surface area is 118 Å². The largest absolute Gasteiger partial charge is 0.480 e. The summed E-state index contributed by atoms with van der Waals surface area (Å²) in [5.74, 6) is -1.73. The van der Waals surface area contributed by atoms with Gasteiger partial charge in [-0.25, -0.2) is 12.8 Å². The van der Waals surface area contributed by atoms with Gasteiger partial charge in [-0.3, -0.25) is 4.79 Å². The number of carbonyl (C=O) groups is 1. The molecule has 1 saturated heterocycles. The van der Waals surface area contributed by atoms with Crippen LogP contribution in [0.4, 0.5) is 4.39 Å². The van der Waals surface area contributed by atoms with Crippen molar-refractivity contribution in [1.29, 1.82) is 0 Å². The molecule has 0 amide bonds. The van der Waals surface area contributed by atoms with Gasteiger partial charge in [-0.1, -0.05) is 0 Å². The van der Waals surface area contributed by atoms with E-state index in [0.717, 1.165) is 22.5 Å². The quantitative estimate of drug-likeness (QED) is 0.901. The summed E-state index contributed by atoms with van der Waals surface area (Å²) >= 11 is 2.99. The molecule has 0 bridgehead atoms. The Morgan fingerprint density at radius 2 is 2.16 bits per heavy atom. The molecule has 0 saturated carbocycles. The van der Waals surface area contributed by atoms with Crippen LogP contribution in [-0.4, -0.2) is 36.4 Å². The van der Waals surface area contributed by atoms with E-state index in [1.165, 1.54) is 0 Å². The minimum Gasteiger partial charge on any atom is -0.480 e. The first kappa shape index (κ1) is 14.4. The molecule has 0 spiro atoms. The standard InChI is InChI=1S/C11H11BrFNO4S/c12-8-6-7(13)3-4-10(8)19(17,18)14-5-1-2-9(14)11(15)16/h3-4,6,9H,1-2,5H2,(H,15,16). The van der Waals surface area contributed by atoms with E-state index in [9.17, 15) is 17.6 Å². The Balaban J connectivity index is 2.45. The number of hydrogen-bond acceptors (Lipinski definition) is 3. The van der Waals surface area contributed by atoms with Crippen molar-refractivity contribution in [2.75, 3.05) is 6.54 Å². The lowest BCUT2D eigenvalue weighted by molar-refractivity contribution is -0.140. The molecule has 2 rings (SSSR count). The molecular weight excluding hydrogens is 341 g/mol. The molecule has 1 N–H and O–H groups in total. The lowest BCUT2D eigenvalue weighted by Gasteiger charge is -2.21. The van der Waals surface area contributed by atoms with Gasteiger partial charge in [0.1, 0.15) is 11.9 Å². The van der Waals surface area contributed by atoms with Gasteiger partial charge in [0.15, 0.2) is 0 Å². The number of benzene rings is 1. The van der Waals surface area contributed by atoms with E-state index in [-0.39, 0.29) is 22.3 Å². The number of halogens is 2. The van der Waals surface area contributed by atoms with E-state index in [0.29, 0.717) is 6.42 Å². The molecule has 1 heterocycles. The highest BCUT2D eigenvalue weighted by molar-refractivity contribution is 9.10. The monoisotopic (exact) mass is 351 g/mol. The summed E-state index contributed by atoms with van der Waals surface area (Å²) in [6.07, 6.45) is 0.780. The van der Waals surface area contributed by atoms with E-state index < -0.39 is 27.9 Å². The molecule has 1 aliphatic rings. The minimum absolute atomic E-state index is 0.0866. The van der Waals surface area contributed by atoms with Gasteiger partial charge in [-0.05, 0) is 47.0 Å². The molecule has 1 atom stereocenters. The highest BCUT2D eigenvalue weighted by Crippen LogP contribution is 2.30. The predicted molar refractivity (Wildman–Crippen MR) is 68.6 cm³/mol. The van der Waals surface area contributed by atoms with E-state index in [2.05, 4.69) is 15.9 Å². The van der Waals surface area contributed by atoms with Gasteiger partial charge in [0, 0.05) is 11.0 Å². The van der Waals surface area contributed by atoms with Crippen LogP contribution in [0.2, 0.25) is 0 Å². The van der Waals surface area contributed by atoms with Crippen LogP contribution in [0.5, 0.6) is 0 Å². The number of aliphatic carboxylic acids is 1. The third kappa shape index (κ3) is 2.65. The maximum absolute atomic E-state index is 13.0. The van der Waals surface area contributed by atoms with Gasteiger partial charge in [0.2, 0.25) is 10.0 Å². The summed E-state index contributed by atoms with van der Waals surface area (Å²) in [5, 5.41) is 9.03. The van der Waals surface area contributed by atoms with E-state index in [4.69, 9.17) is 5.11 Å². The molecule has 104 valence electrons. The van der Waals surface area contributed by atoms with Gasteiger partial charge in [-0.2, -0.15) is 4.31 Å². The maximum atomic E-state index is 13.0. The highest BCUT2D eigenvalue weighted by Gasteiger charge is 2.40. The average Bonchev–Trinajstić information content (AvgIpc) is 2.77. The van der Waals surface area contributed by atoms with E-state index in [1.807, 2.05) is 0 Å². The second kappa shape index (κ2) is 5.18. The van der Waals surface area contributed by atoms with Crippen molar-refractivity contribution in [3.05, 3.63) is 28.5 Å². The third-order valence-electron chi connectivity index (χ3n) is 2.97. The topological polar surface area (TPSA) is 74.7 Å². The van der Waals surface area contributed by atoms with Gasteiger partial charge >= 0.3 is 5.97 Å². The van der Waals surface area contributed by atoms with Gasteiger partial charge in [0.25, 0.3) is 0 Å². The fourth-order valence-electron chi connectivity index (χ4n) is 2.09. The molecular formula is C11H11BrFNO4S. The molecule has 1 fully saturated rings. The zero-order valence-corrected chi connectivity index (χ0v) is 12.1. The smallest absolute Gasteiger partial charge is 0.322 e. The first-order valence-corrected chi connectivity index (χ1v) is 7.77. The van der Waals surface area contributed by atoms with Crippen molar-refractivity contribution in [3.8, 4) is 0 Å². The molecule has 1 aliphatic heterocycles. The van der Waals surface area contributed by atoms with Crippen LogP contribution in [0.15, 0.2) is 27.6 Å². The number of sulfonamides is 1. The maximum Gasteiger partial charge on any atom is 0.322 e. The van der Waals surface area contributed by atoms with Crippen molar-refractivity contribution >= 4 is 31.9 Å². The van der Waals surface area contributed by atoms with Gasteiger partial charge in [0.05, 0.1) is 4.90 Å². The van der Waals surface area contributed by atoms with Gasteiger partial charge in [-0.15, -0.1) is 0 Å². The SMILES string of the molecule is O=C(O)C1CCCN1S(=O)(=O)c1ccc(F)cc1Br. The van der Waals surface area contributed by atoms with Gasteiger partial charge < -0.3 is 5.11 Å². The van der Waals surface area contributed by atoms with E-state index >= 15 is 0 Å². The summed E-state index contributed by atoms with van der Waals surface area (Å²) in [4.78, 5) is 10.9. The lowest BCUT2D eigenvalue weighted by atomic mass is 10.2. The lowest BCUT2D eigenvalue weighted by Crippen LogP contribution is -2.40. The van der Waals surface area contributed by atoms with Crippen molar-refractivity contribution in [2.45, 2.75) is 23.8 Å². The van der Waals surface area contributed by atoms with Crippen LogP contribution in [0, 0.1) is 5.82 Å². The molecule has 0 aliphatic carbocycles. The second-order valence-electron chi connectivity index (χ2n) is 4.19. The number of rotatable bonds is 3. The number of carboxylic acids is 1. The highest BCUT2D eigenvalue weighted by atomic mass is 79.9. The summed E-state index contributed by atoms with van der Waals surface area (Å²) in [6.45, 7) is 0.156. The molecule has 19 heavy (non-hydrogen) atoms. The van der Waals surface area contributed by atoms with Crippen LogP contribution in [0.25, 0.3) is 0 Å². The minimum atomic E-state index is -3.94. The summed E-state index contributed by atoms with van der Waals surface area (Å²) in [7, 11) is -3.94. The summed E-state index contributed by atoms with van der Waals surface area (Å²) in [5.41, 5.74) is 0. The fourth-order valence-corrected chi connectivity index (χ4v) is 4.75. The first-order valence-electron chi connectivity index (χ1n) is 5.54. The van der Waals surface area contributed by atoms with Crippen LogP contribution in [0.3, 0.4) is 0 Å². The van der Waals surface area contributed by atoms with Crippen LogP contribution in [0.1, 0.15) is 12.8 Å². The Morgan fingerprint density at radius 1 is 1.47 bits per heavy atom. The third-order valence-corrected chi connectivity index (χ3v) is 5.85. The van der Waals surface area contributed by atoms with Crippen LogP contribution in [-0.2, 0) is 14.8 Å². The number of hydrogen-bond donors (Lipinski definition) is 1. The summed E-state index contributed by atoms with van der Waals surface area (Å²) in [6, 6.07) is 2.15. The first-order chi connectivity index (χ1) is 8.84. The Bertz CT molecular complexity index is 619. The molecule has 5 nitrogen and oxygen atoms in total. The van der Waals surface area contributed by atoms with Crippen molar-refractivity contribution in [3.63, 3.8) is 0 Å². The molecule has 0 aromatic heterocycles. The molecule has 1 aromatic carbocycles. The van der Waals surface area contributed by atoms with Crippen molar-refractivity contribution in [1.82, 2.24) is 4.31 Å². The zero-order chi connectivity index (χ0) is 14.2. The number of carboxylic acid groups (broad SMARTS) is 1. The second-order valence-corrected chi connectivity index (χ2v) is 6.90. The Morgan fingerprint density at radius 3 is 2.74 bits per heavy atom. The zero-order valence-electron chi connectivity index (χ0n) is 9.71. The normalized spacial score (nSPS) is 20.6. The number of nitrogens with zero attached hydrogens (tertiary/aromatic N) is 1. The molecule has 8 heteroatoms. The van der Waals surface area contributed by atoms with Crippen molar-refractivity contribution in [2.24, 2.45) is 0 Å². The Kier molecular flexibility index (Phi) is 3.93. The van der Waals surface area contributed by atoms with E-state index in [1.54, 1.807) is 0 Å². The summed E-state index contributed by atoms with van der Waals surface area (Å²) < 4.78 is 38.8. The average molecular weight is 352 g/mol. The van der Waals surface area contributed by atoms with Crippen LogP contribution < -0.4 is 0 Å². The van der Waals surface area contributed by atoms with Crippen LogP contribution >= 0.6 is 15.9 Å².